The topological polar surface area (TPSA) is 113 Å². The minimum absolute atomic E-state index is 0.00968. The Labute approximate surface area is 233 Å². The fourth-order valence-electron chi connectivity index (χ4n) is 3.77. The van der Waals surface area contributed by atoms with Crippen LogP contribution in [0.25, 0.3) is 0 Å². The molecule has 0 spiro atoms. The van der Waals surface area contributed by atoms with Gasteiger partial charge in [0.15, 0.2) is 0 Å². The van der Waals surface area contributed by atoms with Gasteiger partial charge < -0.3 is 5.32 Å². The van der Waals surface area contributed by atoms with E-state index in [2.05, 4.69) is 10.0 Å². The van der Waals surface area contributed by atoms with Crippen molar-refractivity contribution in [3.05, 3.63) is 113 Å². The van der Waals surface area contributed by atoms with Crippen molar-refractivity contribution in [1.29, 1.82) is 0 Å². The summed E-state index contributed by atoms with van der Waals surface area (Å²) in [5.41, 5.74) is 2.69. The third kappa shape index (κ3) is 6.78. The average molecular weight is 584 g/mol. The van der Waals surface area contributed by atoms with Crippen LogP contribution in [0.5, 0.6) is 0 Å². The zero-order chi connectivity index (χ0) is 28.2. The molecule has 0 radical (unpaired) electrons. The largest absolute Gasteiger partial charge is 0.325 e. The van der Waals surface area contributed by atoms with Crippen molar-refractivity contribution in [2.45, 2.75) is 23.6 Å². The van der Waals surface area contributed by atoms with Gasteiger partial charge in [0.25, 0.3) is 20.0 Å². The Hall–Kier alpha value is -3.86. The summed E-state index contributed by atoms with van der Waals surface area (Å²) in [7, 11) is -7.96. The summed E-state index contributed by atoms with van der Waals surface area (Å²) >= 11 is 5.93. The van der Waals surface area contributed by atoms with Gasteiger partial charge in [-0.2, -0.15) is 0 Å². The van der Waals surface area contributed by atoms with Crippen molar-refractivity contribution in [1.82, 2.24) is 0 Å². The quantitative estimate of drug-likeness (QED) is 0.267. The third-order valence-corrected chi connectivity index (χ3v) is 9.24. The predicted octanol–water partition coefficient (Wildman–Crippen LogP) is 5.59. The predicted molar refractivity (Wildman–Crippen MR) is 154 cm³/mol. The standard InChI is InChI=1S/C28H26ClN3O5S2/c1-20-6-5-8-24(18-20)32(39(36,37)26-14-10-22(29)11-15-26)19-28(33)30-23-12-16-25(17-13-23)38(34,35)31-27-9-4-3-7-21(27)2/h3-18,31H,19H2,1-2H3,(H,30,33). The zero-order valence-electron chi connectivity index (χ0n) is 21.1. The second-order valence-electron chi connectivity index (χ2n) is 8.80. The number of nitrogens with one attached hydrogen (secondary N) is 2. The summed E-state index contributed by atoms with van der Waals surface area (Å²) in [5.74, 6) is -0.609. The van der Waals surface area contributed by atoms with Gasteiger partial charge in [-0.05, 0) is 91.7 Å². The van der Waals surface area contributed by atoms with Gasteiger partial charge in [-0.25, -0.2) is 16.8 Å². The lowest BCUT2D eigenvalue weighted by molar-refractivity contribution is -0.114. The Kier molecular flexibility index (Phi) is 8.29. The maximum absolute atomic E-state index is 13.5. The molecule has 0 atom stereocenters. The Balaban J connectivity index is 1.54. The molecule has 202 valence electrons. The molecule has 4 rings (SSSR count). The molecule has 0 aromatic heterocycles. The number of carbonyl (C=O) groups excluding carboxylic acids is 1. The highest BCUT2D eigenvalue weighted by atomic mass is 35.5. The Morgan fingerprint density at radius 1 is 0.795 bits per heavy atom. The van der Waals surface area contributed by atoms with E-state index in [9.17, 15) is 21.6 Å². The first kappa shape index (κ1) is 28.2. The van der Waals surface area contributed by atoms with E-state index in [0.29, 0.717) is 22.1 Å². The molecule has 0 saturated carbocycles. The summed E-state index contributed by atoms with van der Waals surface area (Å²) in [5, 5.41) is 3.03. The monoisotopic (exact) mass is 583 g/mol. The van der Waals surface area contributed by atoms with Crippen LogP contribution in [0.1, 0.15) is 11.1 Å². The molecule has 0 aliphatic carbocycles. The number of nitrogens with zero attached hydrogens (tertiary/aromatic N) is 1. The van der Waals surface area contributed by atoms with E-state index in [1.165, 1.54) is 48.5 Å². The number of aryl methyl sites for hydroxylation is 2. The molecule has 4 aromatic rings. The lowest BCUT2D eigenvalue weighted by Crippen LogP contribution is -2.38. The van der Waals surface area contributed by atoms with E-state index >= 15 is 0 Å². The lowest BCUT2D eigenvalue weighted by atomic mass is 10.2. The van der Waals surface area contributed by atoms with Crippen molar-refractivity contribution < 1.29 is 21.6 Å². The molecule has 11 heteroatoms. The number of rotatable bonds is 9. The fraction of sp³-hybridized carbons (Fsp3) is 0.107. The molecule has 0 aliphatic rings. The van der Waals surface area contributed by atoms with E-state index in [-0.39, 0.29) is 9.79 Å². The summed E-state index contributed by atoms with van der Waals surface area (Å²) in [4.78, 5) is 13.0. The van der Waals surface area contributed by atoms with Crippen LogP contribution in [-0.2, 0) is 24.8 Å². The van der Waals surface area contributed by atoms with Crippen molar-refractivity contribution in [2.75, 3.05) is 20.9 Å². The highest BCUT2D eigenvalue weighted by molar-refractivity contribution is 7.93. The van der Waals surface area contributed by atoms with Crippen molar-refractivity contribution in [3.8, 4) is 0 Å². The smallest absolute Gasteiger partial charge is 0.264 e. The third-order valence-electron chi connectivity index (χ3n) is 5.82. The first-order valence-electron chi connectivity index (χ1n) is 11.8. The number of hydrogen-bond donors (Lipinski definition) is 2. The zero-order valence-corrected chi connectivity index (χ0v) is 23.5. The van der Waals surface area contributed by atoms with Crippen LogP contribution in [0.15, 0.2) is 107 Å². The summed E-state index contributed by atoms with van der Waals surface area (Å²) in [6.45, 7) is 3.10. The average Bonchev–Trinajstić information content (AvgIpc) is 2.89. The molecule has 8 nitrogen and oxygen atoms in total. The summed E-state index contributed by atoms with van der Waals surface area (Å²) in [6.07, 6.45) is 0. The molecule has 0 unspecified atom stereocenters. The molecular formula is C28H26ClN3O5S2. The minimum atomic E-state index is -4.11. The molecule has 0 heterocycles. The van der Waals surface area contributed by atoms with Crippen LogP contribution < -0.4 is 14.3 Å². The number of amides is 1. The number of hydrogen-bond acceptors (Lipinski definition) is 5. The molecule has 0 aliphatic heterocycles. The van der Waals surface area contributed by atoms with Gasteiger partial charge in [-0.3, -0.25) is 13.8 Å². The number of anilines is 3. The summed E-state index contributed by atoms with van der Waals surface area (Å²) < 4.78 is 56.2. The van der Waals surface area contributed by atoms with Crippen LogP contribution in [0, 0.1) is 13.8 Å². The molecule has 0 fully saturated rings. The molecular weight excluding hydrogens is 558 g/mol. The van der Waals surface area contributed by atoms with Crippen molar-refractivity contribution >= 4 is 54.6 Å². The van der Waals surface area contributed by atoms with Crippen LogP contribution in [0.4, 0.5) is 17.1 Å². The maximum Gasteiger partial charge on any atom is 0.264 e. The van der Waals surface area contributed by atoms with E-state index < -0.39 is 32.5 Å². The molecule has 2 N–H and O–H groups in total. The Morgan fingerprint density at radius 2 is 1.44 bits per heavy atom. The van der Waals surface area contributed by atoms with Gasteiger partial charge >= 0.3 is 0 Å². The number of halogens is 1. The van der Waals surface area contributed by atoms with Crippen LogP contribution in [0.2, 0.25) is 5.02 Å². The number of para-hydroxylation sites is 1. The first-order chi connectivity index (χ1) is 18.5. The number of carbonyl (C=O) groups is 1. The lowest BCUT2D eigenvalue weighted by Gasteiger charge is -2.24. The highest BCUT2D eigenvalue weighted by Gasteiger charge is 2.27. The normalized spacial score (nSPS) is 11.6. The minimum Gasteiger partial charge on any atom is -0.325 e. The molecule has 0 bridgehead atoms. The van der Waals surface area contributed by atoms with E-state index in [4.69, 9.17) is 11.6 Å². The molecule has 4 aromatic carbocycles. The van der Waals surface area contributed by atoms with Crippen molar-refractivity contribution in [3.63, 3.8) is 0 Å². The molecule has 39 heavy (non-hydrogen) atoms. The Morgan fingerprint density at radius 3 is 2.08 bits per heavy atom. The number of sulfonamides is 2. The maximum atomic E-state index is 13.5. The van der Waals surface area contributed by atoms with Gasteiger partial charge in [0.2, 0.25) is 5.91 Å². The second kappa shape index (κ2) is 11.5. The van der Waals surface area contributed by atoms with Crippen LogP contribution in [-0.4, -0.2) is 29.3 Å². The van der Waals surface area contributed by atoms with E-state index in [0.717, 1.165) is 15.4 Å². The second-order valence-corrected chi connectivity index (χ2v) is 12.8. The summed E-state index contributed by atoms with van der Waals surface area (Å²) in [6, 6.07) is 25.1. The fourth-order valence-corrected chi connectivity index (χ4v) is 6.44. The van der Waals surface area contributed by atoms with Crippen molar-refractivity contribution in [2.24, 2.45) is 0 Å². The number of benzene rings is 4. The molecule has 0 saturated heterocycles. The van der Waals surface area contributed by atoms with E-state index in [1.54, 1.807) is 43.3 Å². The molecule has 1 amide bonds. The van der Waals surface area contributed by atoms with Crippen LogP contribution in [0.3, 0.4) is 0 Å². The van der Waals surface area contributed by atoms with Gasteiger partial charge in [0, 0.05) is 10.7 Å². The van der Waals surface area contributed by atoms with Gasteiger partial charge in [-0.1, -0.05) is 41.9 Å². The van der Waals surface area contributed by atoms with Crippen LogP contribution >= 0.6 is 11.6 Å². The Bertz CT molecular complexity index is 1710. The van der Waals surface area contributed by atoms with Gasteiger partial charge in [0.05, 0.1) is 21.2 Å². The highest BCUT2D eigenvalue weighted by Crippen LogP contribution is 2.26. The SMILES string of the molecule is Cc1cccc(N(CC(=O)Nc2ccc(S(=O)(=O)Nc3ccccc3C)cc2)S(=O)(=O)c2ccc(Cl)cc2)c1. The first-order valence-corrected chi connectivity index (χ1v) is 15.1. The van der Waals surface area contributed by atoms with Gasteiger partial charge in [-0.15, -0.1) is 0 Å². The van der Waals surface area contributed by atoms with Gasteiger partial charge in [0.1, 0.15) is 6.54 Å². The van der Waals surface area contributed by atoms with E-state index in [1.807, 2.05) is 19.1 Å².